The quantitative estimate of drug-likeness (QED) is 0.854. The number of aryl methyl sites for hydroxylation is 1. The molecule has 2 aliphatic rings. The number of likely N-dealkylation sites (tertiary alicyclic amines) is 1. The molecule has 2 saturated heterocycles. The Bertz CT molecular complexity index is 883. The lowest BCUT2D eigenvalue weighted by molar-refractivity contribution is 0.00497. The zero-order valence-electron chi connectivity index (χ0n) is 15.3. The maximum atomic E-state index is 12.7. The second-order valence-electron chi connectivity index (χ2n) is 7.05. The monoisotopic (exact) mass is 371 g/mol. The molecular weight excluding hydrogens is 350 g/mol. The number of carbonyl (C=O) groups is 2. The molecule has 1 N–H and O–H groups in total. The number of anilines is 1. The largest absolute Gasteiger partial charge is 0.439 e. The number of carbonyl (C=O) groups excluding carboxylic acids is 2. The van der Waals surface area contributed by atoms with Gasteiger partial charge in [0.15, 0.2) is 0 Å². The van der Waals surface area contributed by atoms with Gasteiger partial charge in [-0.25, -0.2) is 9.59 Å². The number of nitrogens with zero attached hydrogens (tertiary/aromatic N) is 6. The van der Waals surface area contributed by atoms with Crippen LogP contribution in [0.25, 0.3) is 11.4 Å². The number of aromatic nitrogens is 4. The zero-order chi connectivity index (χ0) is 19.0. The Hall–Kier alpha value is -3.17. The summed E-state index contributed by atoms with van der Waals surface area (Å²) < 4.78 is 5.55. The lowest BCUT2D eigenvalue weighted by atomic mass is 9.93. The number of nitrogens with one attached hydrogen (secondary N) is 1. The molecule has 0 aliphatic carbocycles. The van der Waals surface area contributed by atoms with E-state index in [2.05, 4.69) is 20.7 Å². The van der Waals surface area contributed by atoms with Gasteiger partial charge in [-0.1, -0.05) is 12.1 Å². The third-order valence-electron chi connectivity index (χ3n) is 4.85. The highest BCUT2D eigenvalue weighted by Crippen LogP contribution is 2.31. The SMILES string of the molecule is CN1CC2(CCCN(C(=O)Nc3cccc(-c4nnn(C)n4)c3)C2)OC1=O. The van der Waals surface area contributed by atoms with E-state index >= 15 is 0 Å². The second-order valence-corrected chi connectivity index (χ2v) is 7.05. The first-order chi connectivity index (χ1) is 12.9. The van der Waals surface area contributed by atoms with Crippen LogP contribution in [0.2, 0.25) is 0 Å². The van der Waals surface area contributed by atoms with E-state index in [1.54, 1.807) is 36.0 Å². The van der Waals surface area contributed by atoms with Crippen LogP contribution in [-0.4, -0.2) is 74.4 Å². The van der Waals surface area contributed by atoms with Crippen molar-refractivity contribution in [3.05, 3.63) is 24.3 Å². The number of piperidine rings is 1. The van der Waals surface area contributed by atoms with Crippen molar-refractivity contribution in [3.63, 3.8) is 0 Å². The highest BCUT2D eigenvalue weighted by Gasteiger charge is 2.47. The van der Waals surface area contributed by atoms with E-state index in [1.807, 2.05) is 12.1 Å². The van der Waals surface area contributed by atoms with Crippen molar-refractivity contribution in [1.82, 2.24) is 30.0 Å². The maximum absolute atomic E-state index is 12.7. The number of amides is 3. The first kappa shape index (κ1) is 17.3. The summed E-state index contributed by atoms with van der Waals surface area (Å²) in [5.41, 5.74) is 0.805. The Morgan fingerprint density at radius 2 is 2.15 bits per heavy atom. The van der Waals surface area contributed by atoms with Gasteiger partial charge in [0.2, 0.25) is 5.82 Å². The molecule has 4 rings (SSSR count). The first-order valence-electron chi connectivity index (χ1n) is 8.79. The van der Waals surface area contributed by atoms with E-state index in [9.17, 15) is 9.59 Å². The van der Waals surface area contributed by atoms with Gasteiger partial charge in [-0.2, -0.15) is 4.80 Å². The van der Waals surface area contributed by atoms with Crippen LogP contribution in [0.1, 0.15) is 12.8 Å². The molecule has 10 nitrogen and oxygen atoms in total. The minimum atomic E-state index is -0.604. The molecule has 1 spiro atoms. The van der Waals surface area contributed by atoms with Crippen LogP contribution in [0.15, 0.2) is 24.3 Å². The number of tetrazole rings is 1. The molecule has 3 amide bonds. The average molecular weight is 371 g/mol. The molecule has 142 valence electrons. The highest BCUT2D eigenvalue weighted by molar-refractivity contribution is 5.90. The number of rotatable bonds is 2. The molecule has 1 aromatic heterocycles. The van der Waals surface area contributed by atoms with Crippen LogP contribution in [0.4, 0.5) is 15.3 Å². The predicted octanol–water partition coefficient (Wildman–Crippen LogP) is 1.33. The van der Waals surface area contributed by atoms with Crippen molar-refractivity contribution in [2.45, 2.75) is 18.4 Å². The molecule has 2 fully saturated rings. The minimum absolute atomic E-state index is 0.219. The fourth-order valence-corrected chi connectivity index (χ4v) is 3.61. The van der Waals surface area contributed by atoms with E-state index in [1.165, 1.54) is 4.80 Å². The van der Waals surface area contributed by atoms with Gasteiger partial charge in [0.1, 0.15) is 5.60 Å². The molecule has 1 atom stereocenters. The number of likely N-dealkylation sites (N-methyl/N-ethyl adjacent to an activating group) is 1. The van der Waals surface area contributed by atoms with Crippen LogP contribution in [0.3, 0.4) is 0 Å². The Labute approximate surface area is 156 Å². The molecule has 2 aliphatic heterocycles. The lowest BCUT2D eigenvalue weighted by Gasteiger charge is -2.38. The summed E-state index contributed by atoms with van der Waals surface area (Å²) in [6.07, 6.45) is 1.22. The van der Waals surface area contributed by atoms with E-state index in [4.69, 9.17) is 4.74 Å². The summed E-state index contributed by atoms with van der Waals surface area (Å²) in [6, 6.07) is 7.08. The Morgan fingerprint density at radius 3 is 2.85 bits per heavy atom. The normalized spacial score (nSPS) is 22.2. The van der Waals surface area contributed by atoms with E-state index in [-0.39, 0.29) is 12.1 Å². The standard InChI is InChI=1S/C17H21N7O3/c1-22-10-17(27-16(22)26)7-4-8-24(11-17)15(25)18-13-6-3-5-12(9-13)14-19-21-23(2)20-14/h3,5-6,9H,4,7-8,10-11H2,1-2H3,(H,18,25). The van der Waals surface area contributed by atoms with E-state index in [0.717, 1.165) is 18.4 Å². The van der Waals surface area contributed by atoms with Crippen LogP contribution in [0.5, 0.6) is 0 Å². The van der Waals surface area contributed by atoms with E-state index in [0.29, 0.717) is 31.1 Å². The summed E-state index contributed by atoms with van der Waals surface area (Å²) in [5.74, 6) is 0.492. The van der Waals surface area contributed by atoms with Gasteiger partial charge in [0.25, 0.3) is 0 Å². The van der Waals surface area contributed by atoms with Gasteiger partial charge in [0, 0.05) is 24.8 Å². The lowest BCUT2D eigenvalue weighted by Crippen LogP contribution is -2.53. The van der Waals surface area contributed by atoms with Gasteiger partial charge < -0.3 is 19.9 Å². The van der Waals surface area contributed by atoms with Gasteiger partial charge in [-0.3, -0.25) is 0 Å². The number of hydrogen-bond donors (Lipinski definition) is 1. The van der Waals surface area contributed by atoms with Crippen molar-refractivity contribution in [2.75, 3.05) is 32.0 Å². The molecule has 10 heteroatoms. The van der Waals surface area contributed by atoms with Crippen molar-refractivity contribution >= 4 is 17.8 Å². The third kappa shape index (κ3) is 3.42. The van der Waals surface area contributed by atoms with Crippen LogP contribution >= 0.6 is 0 Å². The average Bonchev–Trinajstić information content (AvgIpc) is 3.18. The van der Waals surface area contributed by atoms with Crippen LogP contribution < -0.4 is 5.32 Å². The minimum Gasteiger partial charge on any atom is -0.439 e. The summed E-state index contributed by atoms with van der Waals surface area (Å²) in [4.78, 5) is 29.1. The smallest absolute Gasteiger partial charge is 0.410 e. The Balaban J connectivity index is 1.45. The van der Waals surface area contributed by atoms with Crippen LogP contribution in [-0.2, 0) is 11.8 Å². The topological polar surface area (TPSA) is 105 Å². The molecule has 3 heterocycles. The van der Waals surface area contributed by atoms with Gasteiger partial charge in [-0.15, -0.1) is 10.2 Å². The predicted molar refractivity (Wildman–Crippen MR) is 95.9 cm³/mol. The van der Waals surface area contributed by atoms with Crippen molar-refractivity contribution in [2.24, 2.45) is 7.05 Å². The molecule has 1 aromatic carbocycles. The first-order valence-corrected chi connectivity index (χ1v) is 8.79. The second kappa shape index (κ2) is 6.53. The maximum Gasteiger partial charge on any atom is 0.410 e. The summed E-state index contributed by atoms with van der Waals surface area (Å²) >= 11 is 0. The zero-order valence-corrected chi connectivity index (χ0v) is 15.3. The van der Waals surface area contributed by atoms with Crippen molar-refractivity contribution < 1.29 is 14.3 Å². The number of urea groups is 1. The third-order valence-corrected chi connectivity index (χ3v) is 4.85. The molecule has 0 bridgehead atoms. The molecule has 2 aromatic rings. The Kier molecular flexibility index (Phi) is 4.17. The number of ether oxygens (including phenoxy) is 1. The van der Waals surface area contributed by atoms with Gasteiger partial charge in [-0.05, 0) is 30.2 Å². The molecule has 27 heavy (non-hydrogen) atoms. The van der Waals surface area contributed by atoms with Crippen molar-refractivity contribution in [1.29, 1.82) is 0 Å². The van der Waals surface area contributed by atoms with Crippen molar-refractivity contribution in [3.8, 4) is 11.4 Å². The van der Waals surface area contributed by atoms with Crippen LogP contribution in [0, 0.1) is 0 Å². The molecular formula is C17H21N7O3. The molecule has 0 saturated carbocycles. The number of benzene rings is 1. The van der Waals surface area contributed by atoms with Gasteiger partial charge >= 0.3 is 12.1 Å². The summed E-state index contributed by atoms with van der Waals surface area (Å²) in [6.45, 7) is 1.52. The fourth-order valence-electron chi connectivity index (χ4n) is 3.61. The molecule has 0 radical (unpaired) electrons. The summed E-state index contributed by atoms with van der Waals surface area (Å²) in [7, 11) is 3.41. The number of hydrogen-bond acceptors (Lipinski definition) is 6. The molecule has 1 unspecified atom stereocenters. The fraction of sp³-hybridized carbons (Fsp3) is 0.471. The van der Waals surface area contributed by atoms with E-state index < -0.39 is 5.60 Å². The Morgan fingerprint density at radius 1 is 1.30 bits per heavy atom. The van der Waals surface area contributed by atoms with Gasteiger partial charge in [0.05, 0.1) is 20.1 Å². The highest BCUT2D eigenvalue weighted by atomic mass is 16.6. The summed E-state index contributed by atoms with van der Waals surface area (Å²) in [5, 5.41) is 14.9.